The van der Waals surface area contributed by atoms with E-state index in [1.807, 2.05) is 6.92 Å². The van der Waals surface area contributed by atoms with Gasteiger partial charge in [0.05, 0.1) is 6.04 Å². The second-order valence-corrected chi connectivity index (χ2v) is 5.33. The molecule has 1 aromatic carbocycles. The van der Waals surface area contributed by atoms with Crippen molar-refractivity contribution >= 4 is 5.91 Å². The quantitative estimate of drug-likeness (QED) is 0.845. The molecule has 1 atom stereocenters. The van der Waals surface area contributed by atoms with E-state index < -0.39 is 0 Å². The number of benzene rings is 1. The Labute approximate surface area is 103 Å². The molecule has 1 amide bonds. The molecule has 0 spiro atoms. The molecule has 0 radical (unpaired) electrons. The van der Waals surface area contributed by atoms with Crippen molar-refractivity contribution in [1.82, 2.24) is 5.32 Å². The number of carbonyl (C=O) groups excluding carboxylic acids is 1. The molecule has 1 N–H and O–H groups in total. The molecule has 0 bridgehead atoms. The van der Waals surface area contributed by atoms with Crippen LogP contribution >= 0.6 is 0 Å². The SMILES string of the molecule is CC(C)c1ccc([C@H](C)NC(=O)C2CC2)cc1. The van der Waals surface area contributed by atoms with E-state index in [2.05, 4.69) is 43.4 Å². The Bertz CT molecular complexity index is 390. The summed E-state index contributed by atoms with van der Waals surface area (Å²) in [4.78, 5) is 11.7. The first kappa shape index (κ1) is 12.2. The van der Waals surface area contributed by atoms with Crippen LogP contribution in [0.5, 0.6) is 0 Å². The van der Waals surface area contributed by atoms with Gasteiger partial charge in [0.15, 0.2) is 0 Å². The molecule has 1 aromatic rings. The summed E-state index contributed by atoms with van der Waals surface area (Å²) in [7, 11) is 0. The molecule has 2 rings (SSSR count). The normalized spacial score (nSPS) is 16.9. The van der Waals surface area contributed by atoms with Gasteiger partial charge in [0.25, 0.3) is 0 Å². The molecule has 2 heteroatoms. The van der Waals surface area contributed by atoms with Gasteiger partial charge in [0.2, 0.25) is 5.91 Å². The Morgan fingerprint density at radius 3 is 2.12 bits per heavy atom. The van der Waals surface area contributed by atoms with E-state index in [1.165, 1.54) is 11.1 Å². The fourth-order valence-electron chi connectivity index (χ4n) is 1.93. The molecule has 0 saturated heterocycles. The summed E-state index contributed by atoms with van der Waals surface area (Å²) in [5.41, 5.74) is 2.53. The van der Waals surface area contributed by atoms with E-state index in [9.17, 15) is 4.79 Å². The van der Waals surface area contributed by atoms with Crippen molar-refractivity contribution < 1.29 is 4.79 Å². The van der Waals surface area contributed by atoms with Crippen molar-refractivity contribution in [3.05, 3.63) is 35.4 Å². The summed E-state index contributed by atoms with van der Waals surface area (Å²) in [6.45, 7) is 6.42. The lowest BCUT2D eigenvalue weighted by atomic mass is 9.99. The highest BCUT2D eigenvalue weighted by Crippen LogP contribution is 2.29. The van der Waals surface area contributed by atoms with E-state index in [1.54, 1.807) is 0 Å². The minimum absolute atomic E-state index is 0.115. The summed E-state index contributed by atoms with van der Waals surface area (Å²) in [6.07, 6.45) is 2.12. The minimum Gasteiger partial charge on any atom is -0.349 e. The van der Waals surface area contributed by atoms with Gasteiger partial charge in [-0.25, -0.2) is 0 Å². The number of hydrogen-bond acceptors (Lipinski definition) is 1. The van der Waals surface area contributed by atoms with Crippen molar-refractivity contribution in [2.24, 2.45) is 5.92 Å². The minimum atomic E-state index is 0.115. The zero-order valence-electron chi connectivity index (χ0n) is 10.9. The molecule has 0 aromatic heterocycles. The van der Waals surface area contributed by atoms with Gasteiger partial charge in [0.1, 0.15) is 0 Å². The first-order valence-electron chi connectivity index (χ1n) is 6.48. The highest BCUT2D eigenvalue weighted by atomic mass is 16.2. The largest absolute Gasteiger partial charge is 0.349 e. The zero-order chi connectivity index (χ0) is 12.4. The first-order chi connectivity index (χ1) is 8.08. The van der Waals surface area contributed by atoms with Crippen molar-refractivity contribution in [3.63, 3.8) is 0 Å². The predicted octanol–water partition coefficient (Wildman–Crippen LogP) is 3.40. The van der Waals surface area contributed by atoms with Crippen LogP contribution in [0.1, 0.15) is 56.7 Å². The molecular weight excluding hydrogens is 210 g/mol. The third-order valence-corrected chi connectivity index (χ3v) is 3.41. The zero-order valence-corrected chi connectivity index (χ0v) is 10.9. The third-order valence-electron chi connectivity index (χ3n) is 3.41. The summed E-state index contributed by atoms with van der Waals surface area (Å²) < 4.78 is 0. The van der Waals surface area contributed by atoms with E-state index in [-0.39, 0.29) is 17.9 Å². The van der Waals surface area contributed by atoms with Gasteiger partial charge in [-0.1, -0.05) is 38.1 Å². The molecule has 1 fully saturated rings. The number of nitrogens with one attached hydrogen (secondary N) is 1. The van der Waals surface area contributed by atoms with Gasteiger partial charge in [-0.15, -0.1) is 0 Å². The Morgan fingerprint density at radius 1 is 1.12 bits per heavy atom. The molecule has 0 heterocycles. The van der Waals surface area contributed by atoms with Crippen LogP contribution in [0.4, 0.5) is 0 Å². The maximum absolute atomic E-state index is 11.7. The van der Waals surface area contributed by atoms with Gasteiger partial charge in [-0.3, -0.25) is 4.79 Å². The molecule has 17 heavy (non-hydrogen) atoms. The molecule has 1 aliphatic carbocycles. The van der Waals surface area contributed by atoms with Crippen molar-refractivity contribution in [3.8, 4) is 0 Å². The predicted molar refractivity (Wildman–Crippen MR) is 69.8 cm³/mol. The molecule has 0 aliphatic heterocycles. The van der Waals surface area contributed by atoms with Gasteiger partial charge in [-0.05, 0) is 36.8 Å². The summed E-state index contributed by atoms with van der Waals surface area (Å²) in [5.74, 6) is 1.05. The third kappa shape index (κ3) is 3.09. The smallest absolute Gasteiger partial charge is 0.223 e. The lowest BCUT2D eigenvalue weighted by Crippen LogP contribution is -2.27. The van der Waals surface area contributed by atoms with Gasteiger partial charge in [-0.2, -0.15) is 0 Å². The van der Waals surface area contributed by atoms with Gasteiger partial charge >= 0.3 is 0 Å². The van der Waals surface area contributed by atoms with Crippen LogP contribution < -0.4 is 5.32 Å². The first-order valence-corrected chi connectivity index (χ1v) is 6.48. The monoisotopic (exact) mass is 231 g/mol. The Morgan fingerprint density at radius 2 is 1.65 bits per heavy atom. The number of carbonyl (C=O) groups is 1. The Kier molecular flexibility index (Phi) is 3.51. The second-order valence-electron chi connectivity index (χ2n) is 5.33. The van der Waals surface area contributed by atoms with E-state index >= 15 is 0 Å². The fourth-order valence-corrected chi connectivity index (χ4v) is 1.93. The maximum atomic E-state index is 11.7. The highest BCUT2D eigenvalue weighted by molar-refractivity contribution is 5.81. The lowest BCUT2D eigenvalue weighted by Gasteiger charge is -2.15. The fraction of sp³-hybridized carbons (Fsp3) is 0.533. The van der Waals surface area contributed by atoms with E-state index in [0.717, 1.165) is 12.8 Å². The van der Waals surface area contributed by atoms with Crippen LogP contribution in [0.15, 0.2) is 24.3 Å². The van der Waals surface area contributed by atoms with Gasteiger partial charge < -0.3 is 5.32 Å². The number of hydrogen-bond donors (Lipinski definition) is 1. The molecule has 2 nitrogen and oxygen atoms in total. The van der Waals surface area contributed by atoms with E-state index in [4.69, 9.17) is 0 Å². The molecule has 0 unspecified atom stereocenters. The summed E-state index contributed by atoms with van der Waals surface area (Å²) in [6, 6.07) is 8.66. The molecule has 1 aliphatic rings. The summed E-state index contributed by atoms with van der Waals surface area (Å²) >= 11 is 0. The second kappa shape index (κ2) is 4.91. The Hall–Kier alpha value is -1.31. The number of amides is 1. The van der Waals surface area contributed by atoms with E-state index in [0.29, 0.717) is 5.92 Å². The van der Waals surface area contributed by atoms with Crippen LogP contribution in [0.2, 0.25) is 0 Å². The Balaban J connectivity index is 1.98. The molecular formula is C15H21NO. The van der Waals surface area contributed by atoms with Crippen molar-refractivity contribution in [2.45, 2.75) is 45.6 Å². The number of rotatable bonds is 4. The molecule has 92 valence electrons. The van der Waals surface area contributed by atoms with Crippen molar-refractivity contribution in [1.29, 1.82) is 0 Å². The van der Waals surface area contributed by atoms with Crippen molar-refractivity contribution in [2.75, 3.05) is 0 Å². The van der Waals surface area contributed by atoms with Crippen LogP contribution in [-0.4, -0.2) is 5.91 Å². The highest BCUT2D eigenvalue weighted by Gasteiger charge is 2.30. The van der Waals surface area contributed by atoms with Crippen LogP contribution in [-0.2, 0) is 4.79 Å². The van der Waals surface area contributed by atoms with Crippen LogP contribution in [0.25, 0.3) is 0 Å². The average Bonchev–Trinajstić information content (AvgIpc) is 3.12. The van der Waals surface area contributed by atoms with Gasteiger partial charge in [0, 0.05) is 5.92 Å². The lowest BCUT2D eigenvalue weighted by molar-refractivity contribution is -0.122. The topological polar surface area (TPSA) is 29.1 Å². The average molecular weight is 231 g/mol. The summed E-state index contributed by atoms with van der Waals surface area (Å²) in [5, 5.41) is 3.07. The van der Waals surface area contributed by atoms with Crippen LogP contribution in [0, 0.1) is 5.92 Å². The van der Waals surface area contributed by atoms with Crippen LogP contribution in [0.3, 0.4) is 0 Å². The maximum Gasteiger partial charge on any atom is 0.223 e. The molecule has 1 saturated carbocycles. The standard InChI is InChI=1S/C15H21NO/c1-10(2)12-4-6-13(7-5-12)11(3)16-15(17)14-8-9-14/h4-7,10-11,14H,8-9H2,1-3H3,(H,16,17)/t11-/m0/s1.